The molecular weight excluding hydrogens is 276 g/mol. The van der Waals surface area contributed by atoms with E-state index in [2.05, 4.69) is 6.92 Å². The Morgan fingerprint density at radius 2 is 1.95 bits per heavy atom. The van der Waals surface area contributed by atoms with E-state index in [1.807, 2.05) is 47.0 Å². The number of benzene rings is 2. The van der Waals surface area contributed by atoms with Crippen molar-refractivity contribution >= 4 is 16.6 Å². The van der Waals surface area contributed by atoms with Crippen LogP contribution < -0.4 is 15.9 Å². The number of pyridine rings is 1. The van der Waals surface area contributed by atoms with Crippen molar-refractivity contribution in [3.63, 3.8) is 0 Å². The second-order valence-corrected chi connectivity index (χ2v) is 5.14. The van der Waals surface area contributed by atoms with Crippen LogP contribution in [-0.4, -0.2) is 11.2 Å². The van der Waals surface area contributed by atoms with Crippen LogP contribution in [0.5, 0.6) is 5.75 Å². The van der Waals surface area contributed by atoms with Gasteiger partial charge in [0, 0.05) is 23.3 Å². The van der Waals surface area contributed by atoms with Crippen molar-refractivity contribution in [3.8, 4) is 11.4 Å². The van der Waals surface area contributed by atoms with Crippen LogP contribution >= 0.6 is 0 Å². The third kappa shape index (κ3) is 2.55. The summed E-state index contributed by atoms with van der Waals surface area (Å²) in [5, 5.41) is 0.690. The summed E-state index contributed by atoms with van der Waals surface area (Å²) >= 11 is 0. The highest BCUT2D eigenvalue weighted by atomic mass is 16.5. The smallest absolute Gasteiger partial charge is 0.189 e. The second-order valence-electron chi connectivity index (χ2n) is 5.14. The summed E-state index contributed by atoms with van der Waals surface area (Å²) < 4.78 is 7.55. The Labute approximate surface area is 128 Å². The molecule has 0 radical (unpaired) electrons. The molecule has 0 aliphatic carbocycles. The molecule has 0 saturated carbocycles. The topological polar surface area (TPSA) is 57.2 Å². The average molecular weight is 294 g/mol. The molecule has 0 bridgehead atoms. The summed E-state index contributed by atoms with van der Waals surface area (Å²) in [6, 6.07) is 14.8. The molecule has 0 saturated heterocycles. The maximum atomic E-state index is 11.9. The van der Waals surface area contributed by atoms with Crippen LogP contribution in [0.1, 0.15) is 13.3 Å². The number of nitrogens with zero attached hydrogens (tertiary/aromatic N) is 1. The number of aromatic nitrogens is 1. The third-order valence-electron chi connectivity index (χ3n) is 3.54. The van der Waals surface area contributed by atoms with Gasteiger partial charge in [0.05, 0.1) is 17.8 Å². The standard InChI is InChI=1S/C18H18N2O2/c1-2-11-22-18-8-7-13(12-15(18)19)20-10-9-17(21)14-5-3-4-6-16(14)20/h3-10,12H,2,11,19H2,1H3. The maximum absolute atomic E-state index is 11.9. The predicted octanol–water partition coefficient (Wildman–Crippen LogP) is 3.36. The summed E-state index contributed by atoms with van der Waals surface area (Å²) in [7, 11) is 0. The lowest BCUT2D eigenvalue weighted by molar-refractivity contribution is 0.319. The zero-order chi connectivity index (χ0) is 15.5. The SMILES string of the molecule is CCCOc1ccc(-n2ccc(=O)c3ccccc32)cc1N. The minimum Gasteiger partial charge on any atom is -0.491 e. The van der Waals surface area contributed by atoms with Gasteiger partial charge in [-0.25, -0.2) is 0 Å². The molecule has 0 unspecified atom stereocenters. The number of nitrogen functional groups attached to an aromatic ring is 1. The van der Waals surface area contributed by atoms with Gasteiger partial charge in [-0.1, -0.05) is 19.1 Å². The lowest BCUT2D eigenvalue weighted by atomic mass is 10.2. The quantitative estimate of drug-likeness (QED) is 0.751. The Morgan fingerprint density at radius 1 is 1.14 bits per heavy atom. The Hall–Kier alpha value is -2.75. The van der Waals surface area contributed by atoms with Gasteiger partial charge in [-0.05, 0) is 36.8 Å². The van der Waals surface area contributed by atoms with E-state index in [9.17, 15) is 4.79 Å². The van der Waals surface area contributed by atoms with E-state index >= 15 is 0 Å². The highest BCUT2D eigenvalue weighted by Gasteiger charge is 2.06. The first kappa shape index (κ1) is 14.2. The molecule has 4 heteroatoms. The summed E-state index contributed by atoms with van der Waals surface area (Å²) in [6.07, 6.45) is 2.71. The van der Waals surface area contributed by atoms with E-state index in [1.54, 1.807) is 12.3 Å². The first-order valence-electron chi connectivity index (χ1n) is 7.34. The number of anilines is 1. The fourth-order valence-corrected chi connectivity index (χ4v) is 2.46. The number of para-hydroxylation sites is 1. The predicted molar refractivity (Wildman–Crippen MR) is 89.7 cm³/mol. The Balaban J connectivity index is 2.10. The summed E-state index contributed by atoms with van der Waals surface area (Å²) in [5.74, 6) is 0.691. The molecule has 3 aromatic rings. The third-order valence-corrected chi connectivity index (χ3v) is 3.54. The molecule has 22 heavy (non-hydrogen) atoms. The molecule has 4 nitrogen and oxygen atoms in total. The van der Waals surface area contributed by atoms with Crippen molar-refractivity contribution in [3.05, 3.63) is 65.0 Å². The second kappa shape index (κ2) is 5.93. The van der Waals surface area contributed by atoms with Gasteiger partial charge in [-0.2, -0.15) is 0 Å². The Morgan fingerprint density at radius 3 is 2.73 bits per heavy atom. The van der Waals surface area contributed by atoms with Gasteiger partial charge in [-0.15, -0.1) is 0 Å². The number of hydrogen-bond acceptors (Lipinski definition) is 3. The van der Waals surface area contributed by atoms with Crippen molar-refractivity contribution in [2.24, 2.45) is 0 Å². The van der Waals surface area contributed by atoms with E-state index < -0.39 is 0 Å². The molecule has 0 atom stereocenters. The lowest BCUT2D eigenvalue weighted by Gasteiger charge is -2.13. The number of fused-ring (bicyclic) bond motifs is 1. The molecule has 2 N–H and O–H groups in total. The van der Waals surface area contributed by atoms with Gasteiger partial charge in [-0.3, -0.25) is 4.79 Å². The van der Waals surface area contributed by atoms with Gasteiger partial charge >= 0.3 is 0 Å². The maximum Gasteiger partial charge on any atom is 0.189 e. The first-order chi connectivity index (χ1) is 10.7. The fourth-order valence-electron chi connectivity index (χ4n) is 2.46. The molecule has 0 aliphatic heterocycles. The van der Waals surface area contributed by atoms with Crippen LogP contribution in [0, 0.1) is 0 Å². The van der Waals surface area contributed by atoms with E-state index in [1.165, 1.54) is 0 Å². The van der Waals surface area contributed by atoms with Crippen molar-refractivity contribution in [2.45, 2.75) is 13.3 Å². The number of rotatable bonds is 4. The summed E-state index contributed by atoms with van der Waals surface area (Å²) in [4.78, 5) is 11.9. The van der Waals surface area contributed by atoms with Crippen molar-refractivity contribution in [1.82, 2.24) is 4.57 Å². The highest BCUT2D eigenvalue weighted by molar-refractivity contribution is 5.80. The van der Waals surface area contributed by atoms with Crippen molar-refractivity contribution in [1.29, 1.82) is 0 Å². The Kier molecular flexibility index (Phi) is 3.83. The van der Waals surface area contributed by atoms with Crippen LogP contribution in [0.15, 0.2) is 59.5 Å². The molecule has 0 spiro atoms. The van der Waals surface area contributed by atoms with Gasteiger partial charge < -0.3 is 15.0 Å². The molecular formula is C18H18N2O2. The number of ether oxygens (including phenoxy) is 1. The van der Waals surface area contributed by atoms with Gasteiger partial charge in [0.25, 0.3) is 0 Å². The molecule has 112 valence electrons. The molecule has 3 rings (SSSR count). The number of nitrogens with two attached hydrogens (primary N) is 1. The molecule has 0 fully saturated rings. The fraction of sp³-hybridized carbons (Fsp3) is 0.167. The van der Waals surface area contributed by atoms with Gasteiger partial charge in [0.1, 0.15) is 5.75 Å². The van der Waals surface area contributed by atoms with E-state index in [0.717, 1.165) is 17.6 Å². The number of hydrogen-bond donors (Lipinski definition) is 1. The highest BCUT2D eigenvalue weighted by Crippen LogP contribution is 2.26. The minimum atomic E-state index is 0.0164. The average Bonchev–Trinajstić information content (AvgIpc) is 2.54. The minimum absolute atomic E-state index is 0.0164. The van der Waals surface area contributed by atoms with Gasteiger partial charge in [0.15, 0.2) is 5.43 Å². The molecule has 2 aromatic carbocycles. The summed E-state index contributed by atoms with van der Waals surface area (Å²) in [6.45, 7) is 2.70. The van der Waals surface area contributed by atoms with Gasteiger partial charge in [0.2, 0.25) is 0 Å². The largest absolute Gasteiger partial charge is 0.491 e. The van der Waals surface area contributed by atoms with E-state index in [-0.39, 0.29) is 5.43 Å². The monoisotopic (exact) mass is 294 g/mol. The van der Waals surface area contributed by atoms with Crippen molar-refractivity contribution < 1.29 is 4.74 Å². The van der Waals surface area contributed by atoms with Crippen molar-refractivity contribution in [2.75, 3.05) is 12.3 Å². The molecule has 0 amide bonds. The van der Waals surface area contributed by atoms with Crippen LogP contribution in [0.2, 0.25) is 0 Å². The van der Waals surface area contributed by atoms with Crippen LogP contribution in [0.3, 0.4) is 0 Å². The zero-order valence-corrected chi connectivity index (χ0v) is 12.5. The molecule has 1 aromatic heterocycles. The first-order valence-corrected chi connectivity index (χ1v) is 7.34. The van der Waals surface area contributed by atoms with Crippen LogP contribution in [-0.2, 0) is 0 Å². The zero-order valence-electron chi connectivity index (χ0n) is 12.5. The lowest BCUT2D eigenvalue weighted by Crippen LogP contribution is -2.07. The van der Waals surface area contributed by atoms with E-state index in [0.29, 0.717) is 23.4 Å². The summed E-state index contributed by atoms with van der Waals surface area (Å²) in [5.41, 5.74) is 8.44. The molecule has 1 heterocycles. The molecule has 0 aliphatic rings. The van der Waals surface area contributed by atoms with Crippen LogP contribution in [0.25, 0.3) is 16.6 Å². The van der Waals surface area contributed by atoms with E-state index in [4.69, 9.17) is 10.5 Å². The normalized spacial score (nSPS) is 10.8. The Bertz CT molecular complexity index is 868. The van der Waals surface area contributed by atoms with Crippen LogP contribution in [0.4, 0.5) is 5.69 Å².